The van der Waals surface area contributed by atoms with Gasteiger partial charge in [0.25, 0.3) is 0 Å². The largest absolute Gasteiger partial charge is 0.391 e. The standard InChI is InChI=1S/C10H19N/c1-2-10-7-5-3-4-6-8-11-9-10/h9,11H,2-8H2,1H3/b10-9-. The molecule has 0 atom stereocenters. The zero-order valence-electron chi connectivity index (χ0n) is 7.53. The molecular formula is C10H19N. The minimum Gasteiger partial charge on any atom is -0.391 e. The van der Waals surface area contributed by atoms with Crippen molar-refractivity contribution in [3.05, 3.63) is 11.8 Å². The SMILES string of the molecule is CC/C1=C/NCCCCCC1. The average Bonchev–Trinajstić information content (AvgIpc) is 2.16. The lowest BCUT2D eigenvalue weighted by molar-refractivity contribution is 0.637. The van der Waals surface area contributed by atoms with Crippen LogP contribution in [0.3, 0.4) is 0 Å². The van der Waals surface area contributed by atoms with Crippen LogP contribution < -0.4 is 5.32 Å². The molecule has 0 fully saturated rings. The van der Waals surface area contributed by atoms with Crippen molar-refractivity contribution in [2.75, 3.05) is 6.54 Å². The Morgan fingerprint density at radius 1 is 1.27 bits per heavy atom. The molecule has 0 saturated heterocycles. The van der Waals surface area contributed by atoms with Gasteiger partial charge in [0.05, 0.1) is 0 Å². The lowest BCUT2D eigenvalue weighted by Gasteiger charge is -2.02. The fourth-order valence-corrected chi connectivity index (χ4v) is 1.50. The average molecular weight is 153 g/mol. The summed E-state index contributed by atoms with van der Waals surface area (Å²) in [5.41, 5.74) is 1.59. The number of nitrogens with one attached hydrogen (secondary N) is 1. The molecule has 0 spiro atoms. The first-order valence-electron chi connectivity index (χ1n) is 4.85. The van der Waals surface area contributed by atoms with Crippen LogP contribution in [0.15, 0.2) is 11.8 Å². The van der Waals surface area contributed by atoms with Crippen LogP contribution in [-0.4, -0.2) is 6.54 Å². The van der Waals surface area contributed by atoms with Gasteiger partial charge in [0.2, 0.25) is 0 Å². The van der Waals surface area contributed by atoms with E-state index in [1.54, 1.807) is 5.57 Å². The molecule has 1 heterocycles. The molecule has 0 radical (unpaired) electrons. The summed E-state index contributed by atoms with van der Waals surface area (Å²) >= 11 is 0. The number of allylic oxidation sites excluding steroid dienone is 1. The van der Waals surface area contributed by atoms with E-state index in [2.05, 4.69) is 18.4 Å². The van der Waals surface area contributed by atoms with Crippen molar-refractivity contribution in [2.24, 2.45) is 0 Å². The number of rotatable bonds is 1. The van der Waals surface area contributed by atoms with Gasteiger partial charge in [-0.1, -0.05) is 25.3 Å². The van der Waals surface area contributed by atoms with Crippen LogP contribution in [0, 0.1) is 0 Å². The van der Waals surface area contributed by atoms with Crippen molar-refractivity contribution >= 4 is 0 Å². The molecule has 0 aromatic carbocycles. The van der Waals surface area contributed by atoms with Crippen LogP contribution in [0.2, 0.25) is 0 Å². The highest BCUT2D eigenvalue weighted by molar-refractivity contribution is 4.99. The molecule has 64 valence electrons. The van der Waals surface area contributed by atoms with Gasteiger partial charge < -0.3 is 5.32 Å². The maximum absolute atomic E-state index is 3.37. The second-order valence-electron chi connectivity index (χ2n) is 3.27. The third kappa shape index (κ3) is 3.45. The highest BCUT2D eigenvalue weighted by Gasteiger charge is 1.97. The Kier molecular flexibility index (Phi) is 4.10. The zero-order valence-corrected chi connectivity index (χ0v) is 7.53. The fraction of sp³-hybridized carbons (Fsp3) is 0.800. The van der Waals surface area contributed by atoms with Crippen molar-refractivity contribution in [1.29, 1.82) is 0 Å². The summed E-state index contributed by atoms with van der Waals surface area (Å²) in [5.74, 6) is 0. The highest BCUT2D eigenvalue weighted by atomic mass is 14.8. The van der Waals surface area contributed by atoms with Gasteiger partial charge in [0.15, 0.2) is 0 Å². The number of hydrogen-bond donors (Lipinski definition) is 1. The quantitative estimate of drug-likeness (QED) is 0.611. The monoisotopic (exact) mass is 153 g/mol. The lowest BCUT2D eigenvalue weighted by Crippen LogP contribution is -2.06. The van der Waals surface area contributed by atoms with Gasteiger partial charge in [-0.25, -0.2) is 0 Å². The van der Waals surface area contributed by atoms with Crippen LogP contribution >= 0.6 is 0 Å². The Labute approximate surface area is 69.9 Å². The molecule has 0 bridgehead atoms. The van der Waals surface area contributed by atoms with Crippen molar-refractivity contribution in [1.82, 2.24) is 5.32 Å². The van der Waals surface area contributed by atoms with Crippen LogP contribution in [0.1, 0.15) is 45.4 Å². The van der Waals surface area contributed by atoms with E-state index in [0.29, 0.717) is 0 Å². The molecule has 0 saturated carbocycles. The summed E-state index contributed by atoms with van der Waals surface area (Å²) in [4.78, 5) is 0. The van der Waals surface area contributed by atoms with Crippen molar-refractivity contribution in [2.45, 2.75) is 45.4 Å². The summed E-state index contributed by atoms with van der Waals surface area (Å²) in [6.45, 7) is 3.41. The van der Waals surface area contributed by atoms with Gasteiger partial charge in [0.1, 0.15) is 0 Å². The second kappa shape index (κ2) is 5.22. The van der Waals surface area contributed by atoms with Crippen LogP contribution in [0.5, 0.6) is 0 Å². The molecule has 11 heavy (non-hydrogen) atoms. The first-order chi connectivity index (χ1) is 5.43. The van der Waals surface area contributed by atoms with Gasteiger partial charge in [0, 0.05) is 6.54 Å². The number of hydrogen-bond acceptors (Lipinski definition) is 1. The first kappa shape index (κ1) is 8.63. The van der Waals surface area contributed by atoms with E-state index in [1.165, 1.54) is 45.1 Å². The molecule has 1 N–H and O–H groups in total. The lowest BCUT2D eigenvalue weighted by atomic mass is 10.1. The van der Waals surface area contributed by atoms with E-state index in [-0.39, 0.29) is 0 Å². The topological polar surface area (TPSA) is 12.0 Å². The van der Waals surface area contributed by atoms with E-state index >= 15 is 0 Å². The van der Waals surface area contributed by atoms with Crippen LogP contribution in [-0.2, 0) is 0 Å². The third-order valence-corrected chi connectivity index (χ3v) is 2.33. The molecule has 1 nitrogen and oxygen atoms in total. The molecule has 0 aliphatic carbocycles. The predicted molar refractivity (Wildman–Crippen MR) is 49.5 cm³/mol. The highest BCUT2D eigenvalue weighted by Crippen LogP contribution is 2.13. The summed E-state index contributed by atoms with van der Waals surface area (Å²) in [6, 6.07) is 0. The molecule has 1 heteroatoms. The Morgan fingerprint density at radius 3 is 2.91 bits per heavy atom. The normalized spacial score (nSPS) is 25.4. The Hall–Kier alpha value is -0.460. The van der Waals surface area contributed by atoms with E-state index in [0.717, 1.165) is 0 Å². The molecular weight excluding hydrogens is 134 g/mol. The first-order valence-corrected chi connectivity index (χ1v) is 4.85. The predicted octanol–water partition coefficient (Wildman–Crippen LogP) is 2.83. The molecule has 0 aromatic rings. The summed E-state index contributed by atoms with van der Waals surface area (Å²) in [5, 5.41) is 3.37. The molecule has 1 aliphatic rings. The maximum atomic E-state index is 3.37. The van der Waals surface area contributed by atoms with Gasteiger partial charge in [-0.3, -0.25) is 0 Å². The molecule has 0 amide bonds. The van der Waals surface area contributed by atoms with E-state index in [1.807, 2.05) is 0 Å². The van der Waals surface area contributed by atoms with E-state index < -0.39 is 0 Å². The summed E-state index contributed by atoms with van der Waals surface area (Å²) in [6.07, 6.45) is 10.3. The Bertz CT molecular complexity index is 127. The molecule has 1 aliphatic heterocycles. The molecule has 0 unspecified atom stereocenters. The molecule has 1 rings (SSSR count). The fourth-order valence-electron chi connectivity index (χ4n) is 1.50. The molecule has 0 aromatic heterocycles. The van der Waals surface area contributed by atoms with Crippen molar-refractivity contribution in [3.63, 3.8) is 0 Å². The smallest absolute Gasteiger partial charge is 0.0141 e. The van der Waals surface area contributed by atoms with E-state index in [9.17, 15) is 0 Å². The third-order valence-electron chi connectivity index (χ3n) is 2.33. The van der Waals surface area contributed by atoms with Gasteiger partial charge in [-0.05, 0) is 31.9 Å². The van der Waals surface area contributed by atoms with E-state index in [4.69, 9.17) is 0 Å². The minimum atomic E-state index is 1.17. The van der Waals surface area contributed by atoms with Gasteiger partial charge in [-0.2, -0.15) is 0 Å². The van der Waals surface area contributed by atoms with Gasteiger partial charge >= 0.3 is 0 Å². The summed E-state index contributed by atoms with van der Waals surface area (Å²) < 4.78 is 0. The van der Waals surface area contributed by atoms with Gasteiger partial charge in [-0.15, -0.1) is 0 Å². The van der Waals surface area contributed by atoms with Crippen LogP contribution in [0.4, 0.5) is 0 Å². The zero-order chi connectivity index (χ0) is 7.94. The van der Waals surface area contributed by atoms with Crippen LogP contribution in [0.25, 0.3) is 0 Å². The maximum Gasteiger partial charge on any atom is 0.0141 e. The Balaban J connectivity index is 2.34. The van der Waals surface area contributed by atoms with Crippen molar-refractivity contribution in [3.8, 4) is 0 Å². The summed E-state index contributed by atoms with van der Waals surface area (Å²) in [7, 11) is 0. The van der Waals surface area contributed by atoms with Crippen molar-refractivity contribution < 1.29 is 0 Å². The second-order valence-corrected chi connectivity index (χ2v) is 3.27. The Morgan fingerprint density at radius 2 is 2.09 bits per heavy atom. The minimum absolute atomic E-state index is 1.17.